The molecule has 0 atom stereocenters. The van der Waals surface area contributed by atoms with Crippen LogP contribution in [0.2, 0.25) is 0 Å². The van der Waals surface area contributed by atoms with Gasteiger partial charge >= 0.3 is 0 Å². The minimum atomic E-state index is -0.208. The number of carbonyl (C=O) groups excluding carboxylic acids is 2. The van der Waals surface area contributed by atoms with Crippen LogP contribution in [-0.4, -0.2) is 16.8 Å². The predicted molar refractivity (Wildman–Crippen MR) is 60.2 cm³/mol. The molecule has 80 valence electrons. The van der Waals surface area contributed by atoms with E-state index in [2.05, 4.69) is 15.6 Å². The molecule has 0 aliphatic carbocycles. The fourth-order valence-electron chi connectivity index (χ4n) is 1.06. The molecule has 5 nitrogen and oxygen atoms in total. The van der Waals surface area contributed by atoms with E-state index in [4.69, 9.17) is 12.2 Å². The van der Waals surface area contributed by atoms with E-state index in [-0.39, 0.29) is 11.8 Å². The number of anilines is 2. The van der Waals surface area contributed by atoms with Crippen molar-refractivity contribution in [3.63, 3.8) is 0 Å². The largest absolute Gasteiger partial charge is 0.328 e. The van der Waals surface area contributed by atoms with Crippen LogP contribution >= 0.6 is 12.2 Å². The summed E-state index contributed by atoms with van der Waals surface area (Å²) in [4.78, 5) is 24.4. The van der Waals surface area contributed by atoms with Crippen molar-refractivity contribution < 1.29 is 9.59 Å². The van der Waals surface area contributed by atoms with Gasteiger partial charge in [0.05, 0.1) is 0 Å². The SMILES string of the molecule is CC(=O)Nc1cc(=S)cc(NC(C)=O)[nH]1. The van der Waals surface area contributed by atoms with Gasteiger partial charge < -0.3 is 15.6 Å². The summed E-state index contributed by atoms with van der Waals surface area (Å²) in [6.45, 7) is 2.78. The van der Waals surface area contributed by atoms with Crippen molar-refractivity contribution in [2.24, 2.45) is 0 Å². The first-order valence-electron chi connectivity index (χ1n) is 4.27. The quantitative estimate of drug-likeness (QED) is 0.670. The highest BCUT2D eigenvalue weighted by atomic mass is 32.1. The molecular weight excluding hydrogens is 214 g/mol. The lowest BCUT2D eigenvalue weighted by Gasteiger charge is -2.06. The number of hydrogen-bond acceptors (Lipinski definition) is 3. The van der Waals surface area contributed by atoms with Crippen molar-refractivity contribution in [2.45, 2.75) is 13.8 Å². The molecule has 2 amide bonds. The van der Waals surface area contributed by atoms with Gasteiger partial charge in [0.25, 0.3) is 0 Å². The zero-order chi connectivity index (χ0) is 11.4. The Morgan fingerprint density at radius 2 is 1.53 bits per heavy atom. The molecule has 0 aliphatic rings. The summed E-state index contributed by atoms with van der Waals surface area (Å²) >= 11 is 4.97. The second-order valence-corrected chi connectivity index (χ2v) is 3.48. The highest BCUT2D eigenvalue weighted by molar-refractivity contribution is 7.71. The van der Waals surface area contributed by atoms with Gasteiger partial charge in [0.1, 0.15) is 11.6 Å². The van der Waals surface area contributed by atoms with E-state index in [9.17, 15) is 9.59 Å². The lowest BCUT2D eigenvalue weighted by molar-refractivity contribution is -0.115. The number of rotatable bonds is 2. The molecule has 0 spiro atoms. The number of aromatic amines is 1. The first kappa shape index (κ1) is 11.4. The third kappa shape index (κ3) is 3.90. The molecule has 0 unspecified atom stereocenters. The molecule has 1 heterocycles. The Labute approximate surface area is 91.9 Å². The summed E-state index contributed by atoms with van der Waals surface area (Å²) < 4.78 is 0.529. The van der Waals surface area contributed by atoms with Gasteiger partial charge in [0.15, 0.2) is 0 Å². The fraction of sp³-hybridized carbons (Fsp3) is 0.222. The topological polar surface area (TPSA) is 74.0 Å². The van der Waals surface area contributed by atoms with Gasteiger partial charge in [-0.3, -0.25) is 9.59 Å². The van der Waals surface area contributed by atoms with Crippen molar-refractivity contribution in [2.75, 3.05) is 10.6 Å². The monoisotopic (exact) mass is 225 g/mol. The maximum absolute atomic E-state index is 10.8. The van der Waals surface area contributed by atoms with Gasteiger partial charge in [-0.2, -0.15) is 0 Å². The normalized spacial score (nSPS) is 9.47. The van der Waals surface area contributed by atoms with Crippen LogP contribution in [0.4, 0.5) is 11.6 Å². The number of aromatic nitrogens is 1. The van der Waals surface area contributed by atoms with E-state index in [1.807, 2.05) is 0 Å². The van der Waals surface area contributed by atoms with Gasteiger partial charge in [-0.15, -0.1) is 0 Å². The summed E-state index contributed by atoms with van der Waals surface area (Å²) in [6, 6.07) is 3.20. The second-order valence-electron chi connectivity index (χ2n) is 3.01. The van der Waals surface area contributed by atoms with E-state index in [0.29, 0.717) is 16.1 Å². The second kappa shape index (κ2) is 4.70. The van der Waals surface area contributed by atoms with Crippen LogP contribution in [-0.2, 0) is 9.59 Å². The Morgan fingerprint density at radius 1 is 1.13 bits per heavy atom. The Morgan fingerprint density at radius 3 is 1.87 bits per heavy atom. The van der Waals surface area contributed by atoms with Crippen molar-refractivity contribution in [3.8, 4) is 0 Å². The van der Waals surface area contributed by atoms with Crippen LogP contribution in [0.15, 0.2) is 12.1 Å². The Kier molecular flexibility index (Phi) is 3.56. The standard InChI is InChI=1S/C9H11N3O2S/c1-5(13)10-8-3-7(15)4-9(12-8)11-6(2)14/h3-4H,1-2H3,(H3,10,11,12,13,14,15). The number of amides is 2. The van der Waals surface area contributed by atoms with E-state index in [1.54, 1.807) is 12.1 Å². The van der Waals surface area contributed by atoms with E-state index in [0.717, 1.165) is 0 Å². The van der Waals surface area contributed by atoms with Crippen LogP contribution in [0.3, 0.4) is 0 Å². The van der Waals surface area contributed by atoms with Gasteiger partial charge in [-0.1, -0.05) is 12.2 Å². The van der Waals surface area contributed by atoms with E-state index >= 15 is 0 Å². The molecule has 3 N–H and O–H groups in total. The highest BCUT2D eigenvalue weighted by Gasteiger charge is 2.00. The van der Waals surface area contributed by atoms with Crippen LogP contribution in [0.25, 0.3) is 0 Å². The molecular formula is C9H11N3O2S. The third-order valence-electron chi connectivity index (χ3n) is 1.46. The summed E-state index contributed by atoms with van der Waals surface area (Å²) in [5, 5.41) is 5.09. The molecule has 0 fully saturated rings. The molecule has 1 aromatic rings. The number of hydrogen-bond donors (Lipinski definition) is 3. The molecule has 0 saturated heterocycles. The van der Waals surface area contributed by atoms with Crippen molar-refractivity contribution in [1.82, 2.24) is 4.98 Å². The first-order chi connectivity index (χ1) is 6.97. The summed E-state index contributed by atoms with van der Waals surface area (Å²) in [7, 11) is 0. The van der Waals surface area contributed by atoms with Gasteiger partial charge in [0.2, 0.25) is 11.8 Å². The lowest BCUT2D eigenvalue weighted by Crippen LogP contribution is -2.11. The molecule has 1 rings (SSSR count). The number of pyridine rings is 1. The van der Waals surface area contributed by atoms with E-state index in [1.165, 1.54) is 13.8 Å². The number of carbonyl (C=O) groups is 2. The van der Waals surface area contributed by atoms with Gasteiger partial charge in [0, 0.05) is 18.4 Å². The first-order valence-corrected chi connectivity index (χ1v) is 4.68. The van der Waals surface area contributed by atoms with Crippen LogP contribution in [0.5, 0.6) is 0 Å². The Balaban J connectivity index is 2.99. The third-order valence-corrected chi connectivity index (χ3v) is 1.70. The highest BCUT2D eigenvalue weighted by Crippen LogP contribution is 2.10. The van der Waals surface area contributed by atoms with Gasteiger partial charge in [-0.05, 0) is 12.1 Å². The fourth-order valence-corrected chi connectivity index (χ4v) is 1.29. The molecule has 6 heteroatoms. The maximum atomic E-state index is 10.8. The van der Waals surface area contributed by atoms with Crippen LogP contribution in [0.1, 0.15) is 13.8 Å². The Bertz CT molecular complexity index is 416. The van der Waals surface area contributed by atoms with Crippen molar-refractivity contribution in [3.05, 3.63) is 16.6 Å². The average Bonchev–Trinajstić information content (AvgIpc) is 1.98. The smallest absolute Gasteiger partial charge is 0.222 e. The predicted octanol–water partition coefficient (Wildman–Crippen LogP) is 1.66. The summed E-state index contributed by atoms with van der Waals surface area (Å²) in [6.07, 6.45) is 0. The van der Waals surface area contributed by atoms with Gasteiger partial charge in [-0.25, -0.2) is 0 Å². The summed E-state index contributed by atoms with van der Waals surface area (Å²) in [5.41, 5.74) is 0. The Hall–Kier alpha value is -1.69. The van der Waals surface area contributed by atoms with E-state index < -0.39 is 0 Å². The lowest BCUT2D eigenvalue weighted by atomic mass is 10.4. The summed E-state index contributed by atoms with van der Waals surface area (Å²) in [5.74, 6) is 0.499. The minimum Gasteiger partial charge on any atom is -0.328 e. The minimum absolute atomic E-state index is 0.208. The van der Waals surface area contributed by atoms with Crippen LogP contribution in [0, 0.1) is 4.51 Å². The molecule has 15 heavy (non-hydrogen) atoms. The van der Waals surface area contributed by atoms with Crippen LogP contribution < -0.4 is 10.6 Å². The maximum Gasteiger partial charge on any atom is 0.222 e. The van der Waals surface area contributed by atoms with Crippen molar-refractivity contribution in [1.29, 1.82) is 0 Å². The molecule has 0 saturated carbocycles. The average molecular weight is 225 g/mol. The number of H-pyrrole nitrogens is 1. The molecule has 0 aliphatic heterocycles. The molecule has 0 radical (unpaired) electrons. The van der Waals surface area contributed by atoms with Crippen molar-refractivity contribution >= 4 is 35.7 Å². The number of nitrogens with one attached hydrogen (secondary N) is 3. The zero-order valence-corrected chi connectivity index (χ0v) is 9.20. The zero-order valence-electron chi connectivity index (χ0n) is 8.38. The molecule has 0 aromatic carbocycles. The molecule has 1 aromatic heterocycles. The molecule has 0 bridgehead atoms.